The molecular formula is C14H19N3O4. The van der Waals surface area contributed by atoms with Crippen LogP contribution in [0.3, 0.4) is 0 Å². The fourth-order valence-corrected chi connectivity index (χ4v) is 1.42. The van der Waals surface area contributed by atoms with E-state index in [0.29, 0.717) is 11.3 Å². The van der Waals surface area contributed by atoms with Gasteiger partial charge in [0.1, 0.15) is 12.1 Å². The number of carbonyl (C=O) groups excluding carboxylic acids is 3. The van der Waals surface area contributed by atoms with Crippen LogP contribution >= 0.6 is 0 Å². The number of ether oxygens (including phenoxy) is 1. The molecule has 0 saturated carbocycles. The van der Waals surface area contributed by atoms with Crippen molar-refractivity contribution >= 4 is 23.6 Å². The summed E-state index contributed by atoms with van der Waals surface area (Å²) >= 11 is 0. The largest absolute Gasteiger partial charge is 0.459 e. The Bertz CT molecular complexity index is 532. The number of esters is 1. The van der Waals surface area contributed by atoms with Crippen LogP contribution in [0, 0.1) is 0 Å². The summed E-state index contributed by atoms with van der Waals surface area (Å²) in [4.78, 5) is 33.9. The average Bonchev–Trinajstić information content (AvgIpc) is 2.35. The van der Waals surface area contributed by atoms with Gasteiger partial charge < -0.3 is 21.1 Å². The summed E-state index contributed by atoms with van der Waals surface area (Å²) in [5.41, 5.74) is 5.33. The van der Waals surface area contributed by atoms with E-state index in [1.54, 1.807) is 20.8 Å². The number of amides is 3. The fourth-order valence-electron chi connectivity index (χ4n) is 1.42. The van der Waals surface area contributed by atoms with Gasteiger partial charge in [0.05, 0.1) is 0 Å². The van der Waals surface area contributed by atoms with E-state index in [0.717, 1.165) is 0 Å². The molecule has 0 fully saturated rings. The van der Waals surface area contributed by atoms with Crippen LogP contribution in [0.15, 0.2) is 24.3 Å². The van der Waals surface area contributed by atoms with Crippen LogP contribution in [0.4, 0.5) is 10.5 Å². The van der Waals surface area contributed by atoms with E-state index in [1.165, 1.54) is 24.3 Å². The van der Waals surface area contributed by atoms with Crippen molar-refractivity contribution in [3.8, 4) is 0 Å². The Labute approximate surface area is 122 Å². The first-order chi connectivity index (χ1) is 9.67. The van der Waals surface area contributed by atoms with Gasteiger partial charge in [0.25, 0.3) is 0 Å². The standard InChI is InChI=1S/C14H19N3O4/c1-14(2,3)21-11(18)8-16-13(20)17-10-6-4-9(5-7-10)12(15)19/h4-7H,8H2,1-3H3,(H2,15,19)(H2,16,17,20). The Kier molecular flexibility index (Phi) is 5.29. The van der Waals surface area contributed by atoms with Crippen molar-refractivity contribution < 1.29 is 19.1 Å². The lowest BCUT2D eigenvalue weighted by Crippen LogP contribution is -2.36. The summed E-state index contributed by atoms with van der Waals surface area (Å²) in [6, 6.07) is 5.51. The molecule has 1 rings (SSSR count). The molecule has 7 nitrogen and oxygen atoms in total. The molecule has 0 heterocycles. The topological polar surface area (TPSA) is 111 Å². The van der Waals surface area contributed by atoms with E-state index in [1.807, 2.05) is 0 Å². The molecule has 3 amide bonds. The molecule has 0 atom stereocenters. The van der Waals surface area contributed by atoms with Crippen LogP contribution in [0.25, 0.3) is 0 Å². The van der Waals surface area contributed by atoms with Crippen LogP contribution in [-0.2, 0) is 9.53 Å². The molecule has 1 aromatic carbocycles. The van der Waals surface area contributed by atoms with E-state index in [-0.39, 0.29) is 6.54 Å². The maximum absolute atomic E-state index is 11.6. The van der Waals surface area contributed by atoms with Gasteiger partial charge in [-0.3, -0.25) is 9.59 Å². The lowest BCUT2D eigenvalue weighted by atomic mass is 10.2. The van der Waals surface area contributed by atoms with E-state index in [2.05, 4.69) is 10.6 Å². The van der Waals surface area contributed by atoms with Crippen molar-refractivity contribution in [1.29, 1.82) is 0 Å². The predicted molar refractivity (Wildman–Crippen MR) is 77.8 cm³/mol. The second-order valence-electron chi connectivity index (χ2n) is 5.34. The molecule has 21 heavy (non-hydrogen) atoms. The molecule has 0 unspecified atom stereocenters. The van der Waals surface area contributed by atoms with Crippen molar-refractivity contribution in [1.82, 2.24) is 5.32 Å². The Morgan fingerprint density at radius 1 is 1.14 bits per heavy atom. The maximum Gasteiger partial charge on any atom is 0.325 e. The molecule has 0 aromatic heterocycles. The van der Waals surface area contributed by atoms with Crippen molar-refractivity contribution in [3.63, 3.8) is 0 Å². The molecule has 0 aliphatic rings. The summed E-state index contributed by atoms with van der Waals surface area (Å²) in [5.74, 6) is -1.07. The number of rotatable bonds is 4. The van der Waals surface area contributed by atoms with Gasteiger partial charge in [0, 0.05) is 11.3 Å². The number of anilines is 1. The van der Waals surface area contributed by atoms with Gasteiger partial charge in [0.2, 0.25) is 5.91 Å². The smallest absolute Gasteiger partial charge is 0.325 e. The van der Waals surface area contributed by atoms with Crippen molar-refractivity contribution in [2.75, 3.05) is 11.9 Å². The highest BCUT2D eigenvalue weighted by Gasteiger charge is 2.16. The zero-order valence-corrected chi connectivity index (χ0v) is 12.2. The van der Waals surface area contributed by atoms with E-state index >= 15 is 0 Å². The Morgan fingerprint density at radius 2 is 1.71 bits per heavy atom. The highest BCUT2D eigenvalue weighted by atomic mass is 16.6. The zero-order valence-electron chi connectivity index (χ0n) is 12.2. The Morgan fingerprint density at radius 3 is 2.19 bits per heavy atom. The van der Waals surface area contributed by atoms with Crippen molar-refractivity contribution in [3.05, 3.63) is 29.8 Å². The number of nitrogens with two attached hydrogens (primary N) is 1. The molecule has 114 valence electrons. The van der Waals surface area contributed by atoms with Crippen LogP contribution in [0.5, 0.6) is 0 Å². The number of urea groups is 1. The molecule has 1 aromatic rings. The van der Waals surface area contributed by atoms with Crippen LogP contribution in [0.2, 0.25) is 0 Å². The van der Waals surface area contributed by atoms with Gasteiger partial charge >= 0.3 is 12.0 Å². The summed E-state index contributed by atoms with van der Waals surface area (Å²) in [5, 5.41) is 4.89. The van der Waals surface area contributed by atoms with Gasteiger partial charge in [0.15, 0.2) is 0 Å². The van der Waals surface area contributed by atoms with Gasteiger partial charge in [-0.2, -0.15) is 0 Å². The highest BCUT2D eigenvalue weighted by molar-refractivity contribution is 5.94. The van der Waals surface area contributed by atoms with Crippen molar-refractivity contribution in [2.45, 2.75) is 26.4 Å². The van der Waals surface area contributed by atoms with E-state index in [9.17, 15) is 14.4 Å². The number of benzene rings is 1. The minimum atomic E-state index is -0.597. The third-order valence-corrected chi connectivity index (χ3v) is 2.24. The average molecular weight is 293 g/mol. The third kappa shape index (κ3) is 6.42. The monoisotopic (exact) mass is 293 g/mol. The summed E-state index contributed by atoms with van der Waals surface area (Å²) in [7, 11) is 0. The van der Waals surface area contributed by atoms with Gasteiger partial charge in [-0.1, -0.05) is 0 Å². The van der Waals surface area contributed by atoms with E-state index in [4.69, 9.17) is 10.5 Å². The number of nitrogens with one attached hydrogen (secondary N) is 2. The molecule has 0 aliphatic carbocycles. The second kappa shape index (κ2) is 6.74. The fraction of sp³-hybridized carbons (Fsp3) is 0.357. The van der Waals surface area contributed by atoms with Gasteiger partial charge in [-0.15, -0.1) is 0 Å². The molecule has 0 radical (unpaired) electrons. The van der Waals surface area contributed by atoms with Crippen LogP contribution in [-0.4, -0.2) is 30.1 Å². The van der Waals surface area contributed by atoms with Gasteiger partial charge in [-0.25, -0.2) is 4.79 Å². The Hall–Kier alpha value is -2.57. The number of carbonyl (C=O) groups is 3. The summed E-state index contributed by atoms with van der Waals surface area (Å²) < 4.78 is 5.05. The molecule has 0 saturated heterocycles. The second-order valence-corrected chi connectivity index (χ2v) is 5.34. The summed E-state index contributed by atoms with van der Waals surface area (Å²) in [6.45, 7) is 4.99. The van der Waals surface area contributed by atoms with Crippen LogP contribution < -0.4 is 16.4 Å². The lowest BCUT2D eigenvalue weighted by Gasteiger charge is -2.19. The maximum atomic E-state index is 11.6. The molecule has 4 N–H and O–H groups in total. The van der Waals surface area contributed by atoms with Gasteiger partial charge in [-0.05, 0) is 45.0 Å². The SMILES string of the molecule is CC(C)(C)OC(=O)CNC(=O)Nc1ccc(C(N)=O)cc1. The summed E-state index contributed by atoms with van der Waals surface area (Å²) in [6.07, 6.45) is 0. The molecule has 0 spiro atoms. The molecule has 7 heteroatoms. The first-order valence-electron chi connectivity index (χ1n) is 6.34. The normalized spacial score (nSPS) is 10.6. The first kappa shape index (κ1) is 16.5. The molecule has 0 bridgehead atoms. The first-order valence-corrected chi connectivity index (χ1v) is 6.34. The minimum absolute atomic E-state index is 0.234. The molecule has 0 aliphatic heterocycles. The third-order valence-electron chi connectivity index (χ3n) is 2.24. The number of hydrogen-bond acceptors (Lipinski definition) is 4. The predicted octanol–water partition coefficient (Wildman–Crippen LogP) is 1.25. The zero-order chi connectivity index (χ0) is 16.0. The van der Waals surface area contributed by atoms with E-state index < -0.39 is 23.5 Å². The Balaban J connectivity index is 2.43. The highest BCUT2D eigenvalue weighted by Crippen LogP contribution is 2.09. The quantitative estimate of drug-likeness (QED) is 0.725. The minimum Gasteiger partial charge on any atom is -0.459 e. The lowest BCUT2D eigenvalue weighted by molar-refractivity contribution is -0.153. The van der Waals surface area contributed by atoms with Crippen molar-refractivity contribution in [2.24, 2.45) is 5.73 Å². The van der Waals surface area contributed by atoms with Crippen LogP contribution in [0.1, 0.15) is 31.1 Å². The number of primary amides is 1. The molecular weight excluding hydrogens is 274 g/mol. The number of hydrogen-bond donors (Lipinski definition) is 3.